The minimum absolute atomic E-state index is 0.258. The Bertz CT molecular complexity index is 596. The SMILES string of the molecule is COc1cc2c(cc1CNCCn1ccnc1)OC(C)C2. The van der Waals surface area contributed by atoms with E-state index in [0.29, 0.717) is 0 Å². The molecule has 0 bridgehead atoms. The summed E-state index contributed by atoms with van der Waals surface area (Å²) in [6.07, 6.45) is 6.80. The summed E-state index contributed by atoms with van der Waals surface area (Å²) in [6.45, 7) is 4.65. The zero-order chi connectivity index (χ0) is 14.7. The average Bonchev–Trinajstić information content (AvgIpc) is 3.10. The maximum Gasteiger partial charge on any atom is 0.123 e. The van der Waals surface area contributed by atoms with Crippen molar-refractivity contribution in [1.29, 1.82) is 0 Å². The van der Waals surface area contributed by atoms with Crippen LogP contribution in [0.25, 0.3) is 0 Å². The Hall–Kier alpha value is -2.01. The Morgan fingerprint density at radius 2 is 2.38 bits per heavy atom. The highest BCUT2D eigenvalue weighted by Gasteiger charge is 2.21. The summed E-state index contributed by atoms with van der Waals surface area (Å²) in [5, 5.41) is 3.43. The summed E-state index contributed by atoms with van der Waals surface area (Å²) in [7, 11) is 1.72. The van der Waals surface area contributed by atoms with Gasteiger partial charge in [0.05, 0.1) is 13.4 Å². The normalized spacial score (nSPS) is 16.6. The largest absolute Gasteiger partial charge is 0.496 e. The van der Waals surface area contributed by atoms with Gasteiger partial charge in [-0.3, -0.25) is 0 Å². The molecule has 5 nitrogen and oxygen atoms in total. The molecule has 0 aliphatic carbocycles. The molecule has 0 saturated carbocycles. The molecule has 1 aromatic heterocycles. The van der Waals surface area contributed by atoms with Gasteiger partial charge in [0.15, 0.2) is 0 Å². The number of imidazole rings is 1. The first-order chi connectivity index (χ1) is 10.3. The summed E-state index contributed by atoms with van der Waals surface area (Å²) < 4.78 is 13.4. The number of ether oxygens (including phenoxy) is 2. The zero-order valence-corrected chi connectivity index (χ0v) is 12.5. The van der Waals surface area contributed by atoms with Crippen molar-refractivity contribution in [2.24, 2.45) is 0 Å². The molecule has 1 aromatic carbocycles. The van der Waals surface area contributed by atoms with E-state index in [1.54, 1.807) is 13.3 Å². The third-order valence-electron chi connectivity index (χ3n) is 3.72. The van der Waals surface area contributed by atoms with Gasteiger partial charge in [-0.15, -0.1) is 0 Å². The maximum atomic E-state index is 5.82. The third kappa shape index (κ3) is 3.19. The number of nitrogens with one attached hydrogen (secondary N) is 1. The minimum atomic E-state index is 0.258. The highest BCUT2D eigenvalue weighted by Crippen LogP contribution is 2.34. The molecule has 0 amide bonds. The second kappa shape index (κ2) is 6.18. The lowest BCUT2D eigenvalue weighted by molar-refractivity contribution is 0.254. The van der Waals surface area contributed by atoms with Gasteiger partial charge in [0, 0.05) is 49.6 Å². The fourth-order valence-corrected chi connectivity index (χ4v) is 2.66. The molecular formula is C16H21N3O2. The number of aromatic nitrogens is 2. The first-order valence-electron chi connectivity index (χ1n) is 7.29. The number of benzene rings is 1. The van der Waals surface area contributed by atoms with Crippen molar-refractivity contribution in [2.75, 3.05) is 13.7 Å². The number of methoxy groups -OCH3 is 1. The molecule has 2 heterocycles. The molecule has 0 saturated heterocycles. The molecule has 1 atom stereocenters. The van der Waals surface area contributed by atoms with E-state index in [-0.39, 0.29) is 6.10 Å². The van der Waals surface area contributed by atoms with Gasteiger partial charge in [0.1, 0.15) is 17.6 Å². The van der Waals surface area contributed by atoms with Crippen molar-refractivity contribution in [1.82, 2.24) is 14.9 Å². The molecule has 0 fully saturated rings. The fraction of sp³-hybridized carbons (Fsp3) is 0.438. The van der Waals surface area contributed by atoms with Crippen LogP contribution in [0, 0.1) is 0 Å². The highest BCUT2D eigenvalue weighted by molar-refractivity contribution is 5.48. The lowest BCUT2D eigenvalue weighted by atomic mass is 10.1. The molecule has 0 radical (unpaired) electrons. The molecule has 1 unspecified atom stereocenters. The second-order valence-electron chi connectivity index (χ2n) is 5.38. The van der Waals surface area contributed by atoms with Crippen molar-refractivity contribution in [2.45, 2.75) is 32.5 Å². The number of fused-ring (bicyclic) bond motifs is 1. The Morgan fingerprint density at radius 1 is 1.48 bits per heavy atom. The van der Waals surface area contributed by atoms with Gasteiger partial charge < -0.3 is 19.4 Å². The van der Waals surface area contributed by atoms with Crippen LogP contribution in [0.2, 0.25) is 0 Å². The Balaban J connectivity index is 1.61. The zero-order valence-electron chi connectivity index (χ0n) is 12.5. The monoisotopic (exact) mass is 287 g/mol. The van der Waals surface area contributed by atoms with E-state index in [0.717, 1.165) is 43.1 Å². The first kappa shape index (κ1) is 13.9. The predicted molar refractivity (Wildman–Crippen MR) is 80.7 cm³/mol. The minimum Gasteiger partial charge on any atom is -0.496 e. The lowest BCUT2D eigenvalue weighted by Crippen LogP contribution is -2.19. The molecule has 21 heavy (non-hydrogen) atoms. The van der Waals surface area contributed by atoms with E-state index < -0.39 is 0 Å². The molecule has 5 heteroatoms. The summed E-state index contributed by atoms with van der Waals surface area (Å²) in [4.78, 5) is 4.03. The van der Waals surface area contributed by atoms with Crippen LogP contribution in [0.5, 0.6) is 11.5 Å². The standard InChI is InChI=1S/C16H21N3O2/c1-12-7-13-8-15(20-2)14(9-16(13)21-12)10-17-3-5-19-6-4-18-11-19/h4,6,8-9,11-12,17H,3,5,7,10H2,1-2H3. The molecule has 3 rings (SSSR count). The van der Waals surface area contributed by atoms with Crippen LogP contribution in [0.4, 0.5) is 0 Å². The molecule has 1 N–H and O–H groups in total. The molecular weight excluding hydrogens is 266 g/mol. The van der Waals surface area contributed by atoms with Crippen LogP contribution in [-0.2, 0) is 19.5 Å². The van der Waals surface area contributed by atoms with E-state index in [2.05, 4.69) is 33.9 Å². The smallest absolute Gasteiger partial charge is 0.123 e. The predicted octanol–water partition coefficient (Wildman–Crippen LogP) is 2.00. The van der Waals surface area contributed by atoms with E-state index in [1.807, 2.05) is 12.5 Å². The van der Waals surface area contributed by atoms with Crippen molar-refractivity contribution < 1.29 is 9.47 Å². The van der Waals surface area contributed by atoms with Gasteiger partial charge in [-0.25, -0.2) is 4.98 Å². The first-order valence-corrected chi connectivity index (χ1v) is 7.29. The number of hydrogen-bond donors (Lipinski definition) is 1. The van der Waals surface area contributed by atoms with Crippen LogP contribution in [0.3, 0.4) is 0 Å². The number of rotatable bonds is 6. The second-order valence-corrected chi connectivity index (χ2v) is 5.38. The van der Waals surface area contributed by atoms with Gasteiger partial charge in [-0.1, -0.05) is 0 Å². The topological polar surface area (TPSA) is 48.3 Å². The molecule has 2 aromatic rings. The Kier molecular flexibility index (Phi) is 4.10. The highest BCUT2D eigenvalue weighted by atomic mass is 16.5. The van der Waals surface area contributed by atoms with E-state index in [1.165, 1.54) is 5.56 Å². The summed E-state index contributed by atoms with van der Waals surface area (Å²) >= 11 is 0. The molecule has 112 valence electrons. The Labute approximate surface area is 124 Å². The van der Waals surface area contributed by atoms with Crippen LogP contribution < -0.4 is 14.8 Å². The van der Waals surface area contributed by atoms with Gasteiger partial charge in [-0.05, 0) is 19.1 Å². The van der Waals surface area contributed by atoms with Crippen molar-refractivity contribution in [3.05, 3.63) is 42.0 Å². The molecule has 1 aliphatic rings. The van der Waals surface area contributed by atoms with Crippen LogP contribution in [0.15, 0.2) is 30.9 Å². The van der Waals surface area contributed by atoms with E-state index in [9.17, 15) is 0 Å². The quantitative estimate of drug-likeness (QED) is 0.826. The fourth-order valence-electron chi connectivity index (χ4n) is 2.66. The van der Waals surface area contributed by atoms with Gasteiger partial charge in [-0.2, -0.15) is 0 Å². The van der Waals surface area contributed by atoms with E-state index >= 15 is 0 Å². The van der Waals surface area contributed by atoms with Crippen molar-refractivity contribution in [3.63, 3.8) is 0 Å². The molecule has 1 aliphatic heterocycles. The number of nitrogens with zero attached hydrogens (tertiary/aromatic N) is 2. The summed E-state index contributed by atoms with van der Waals surface area (Å²) in [6, 6.07) is 4.20. The Morgan fingerprint density at radius 3 is 3.14 bits per heavy atom. The van der Waals surface area contributed by atoms with E-state index in [4.69, 9.17) is 9.47 Å². The van der Waals surface area contributed by atoms with Crippen LogP contribution in [-0.4, -0.2) is 29.3 Å². The molecule has 0 spiro atoms. The van der Waals surface area contributed by atoms with Gasteiger partial charge >= 0.3 is 0 Å². The summed E-state index contributed by atoms with van der Waals surface area (Å²) in [5.41, 5.74) is 2.37. The van der Waals surface area contributed by atoms with Crippen molar-refractivity contribution >= 4 is 0 Å². The third-order valence-corrected chi connectivity index (χ3v) is 3.72. The maximum absolute atomic E-state index is 5.82. The number of hydrogen-bond acceptors (Lipinski definition) is 4. The summed E-state index contributed by atoms with van der Waals surface area (Å²) in [5.74, 6) is 1.93. The van der Waals surface area contributed by atoms with Crippen LogP contribution >= 0.6 is 0 Å². The van der Waals surface area contributed by atoms with Crippen LogP contribution in [0.1, 0.15) is 18.1 Å². The van der Waals surface area contributed by atoms with Gasteiger partial charge in [0.2, 0.25) is 0 Å². The van der Waals surface area contributed by atoms with Crippen molar-refractivity contribution in [3.8, 4) is 11.5 Å². The van der Waals surface area contributed by atoms with Gasteiger partial charge in [0.25, 0.3) is 0 Å². The average molecular weight is 287 g/mol. The lowest BCUT2D eigenvalue weighted by Gasteiger charge is -2.12.